The van der Waals surface area contributed by atoms with Crippen LogP contribution in [0.3, 0.4) is 0 Å². The van der Waals surface area contributed by atoms with Crippen molar-refractivity contribution in [1.82, 2.24) is 15.6 Å². The first-order valence-electron chi connectivity index (χ1n) is 10.3. The molecule has 1 saturated heterocycles. The number of pyridine rings is 1. The van der Waals surface area contributed by atoms with E-state index in [-0.39, 0.29) is 24.0 Å². The first-order chi connectivity index (χ1) is 14.2. The Labute approximate surface area is 196 Å². The number of hydrogen-bond acceptors (Lipinski definition) is 4. The molecule has 0 saturated carbocycles. The summed E-state index contributed by atoms with van der Waals surface area (Å²) in [4.78, 5) is 8.48. The molecule has 2 aromatic rings. The summed E-state index contributed by atoms with van der Waals surface area (Å²) in [7, 11) is 1.79. The third kappa shape index (κ3) is 7.43. The van der Waals surface area contributed by atoms with Gasteiger partial charge in [0.2, 0.25) is 0 Å². The zero-order valence-corrected chi connectivity index (χ0v) is 20.4. The summed E-state index contributed by atoms with van der Waals surface area (Å²) in [5, 5.41) is 6.78. The quantitative estimate of drug-likeness (QED) is 0.314. The molecule has 7 heteroatoms. The largest absolute Gasteiger partial charge is 0.493 e. The Morgan fingerprint density at radius 1 is 1.23 bits per heavy atom. The average Bonchev–Trinajstić information content (AvgIpc) is 3.25. The Bertz CT molecular complexity index is 823. The van der Waals surface area contributed by atoms with Crippen molar-refractivity contribution in [2.45, 2.75) is 33.2 Å². The molecule has 1 unspecified atom stereocenters. The van der Waals surface area contributed by atoms with E-state index in [1.165, 1.54) is 16.7 Å². The molecule has 0 aliphatic carbocycles. The van der Waals surface area contributed by atoms with Gasteiger partial charge in [-0.1, -0.05) is 12.1 Å². The van der Waals surface area contributed by atoms with E-state index in [0.717, 1.165) is 49.9 Å². The summed E-state index contributed by atoms with van der Waals surface area (Å²) in [5.74, 6) is 2.21. The van der Waals surface area contributed by atoms with Crippen LogP contribution in [0.25, 0.3) is 0 Å². The number of benzene rings is 1. The van der Waals surface area contributed by atoms with E-state index in [1.54, 1.807) is 7.05 Å². The van der Waals surface area contributed by atoms with Crippen LogP contribution < -0.4 is 15.4 Å². The maximum atomic E-state index is 6.13. The normalized spacial score (nSPS) is 16.1. The molecule has 2 heterocycles. The number of nitrogens with zero attached hydrogens (tertiary/aromatic N) is 2. The fourth-order valence-electron chi connectivity index (χ4n) is 3.36. The molecular weight excluding hydrogens is 491 g/mol. The van der Waals surface area contributed by atoms with Crippen molar-refractivity contribution in [2.75, 3.05) is 33.4 Å². The number of hydrogen-bond donors (Lipinski definition) is 2. The Balaban J connectivity index is 0.00000320. The van der Waals surface area contributed by atoms with E-state index < -0.39 is 0 Å². The summed E-state index contributed by atoms with van der Waals surface area (Å²) in [6, 6.07) is 8.41. The van der Waals surface area contributed by atoms with Gasteiger partial charge < -0.3 is 20.1 Å². The molecular formula is C23H33IN4O2. The van der Waals surface area contributed by atoms with Crippen molar-refractivity contribution < 1.29 is 9.47 Å². The number of rotatable bonds is 8. The highest BCUT2D eigenvalue weighted by Crippen LogP contribution is 2.22. The molecule has 1 aromatic carbocycles. The molecule has 1 aliphatic rings. The Hall–Kier alpha value is -1.87. The zero-order chi connectivity index (χ0) is 20.5. The van der Waals surface area contributed by atoms with Crippen LogP contribution in [0.4, 0.5) is 0 Å². The van der Waals surface area contributed by atoms with Gasteiger partial charge in [0.25, 0.3) is 0 Å². The number of aromatic nitrogens is 1. The number of ether oxygens (including phenoxy) is 2. The number of aliphatic imine (C=N–C) groups is 1. The minimum absolute atomic E-state index is 0. The van der Waals surface area contributed by atoms with Gasteiger partial charge in [-0.05, 0) is 55.5 Å². The van der Waals surface area contributed by atoms with Crippen molar-refractivity contribution >= 4 is 29.9 Å². The highest BCUT2D eigenvalue weighted by atomic mass is 127. The smallest absolute Gasteiger partial charge is 0.191 e. The van der Waals surface area contributed by atoms with Crippen LogP contribution in [-0.2, 0) is 17.7 Å². The van der Waals surface area contributed by atoms with Crippen LogP contribution in [0.2, 0.25) is 0 Å². The summed E-state index contributed by atoms with van der Waals surface area (Å²) in [6.45, 7) is 7.99. The number of aryl methyl sites for hydroxylation is 2. The molecule has 0 radical (unpaired) electrons. The molecule has 1 fully saturated rings. The summed E-state index contributed by atoms with van der Waals surface area (Å²) in [6.07, 6.45) is 5.75. The second-order valence-corrected chi connectivity index (χ2v) is 7.56. The van der Waals surface area contributed by atoms with Crippen molar-refractivity contribution in [3.63, 3.8) is 0 Å². The van der Waals surface area contributed by atoms with Gasteiger partial charge in [0.1, 0.15) is 5.75 Å². The molecule has 1 aliphatic heterocycles. The van der Waals surface area contributed by atoms with E-state index in [0.29, 0.717) is 19.1 Å². The maximum absolute atomic E-state index is 6.13. The monoisotopic (exact) mass is 524 g/mol. The molecule has 164 valence electrons. The van der Waals surface area contributed by atoms with Gasteiger partial charge >= 0.3 is 0 Å². The minimum atomic E-state index is 0. The highest BCUT2D eigenvalue weighted by molar-refractivity contribution is 14.0. The van der Waals surface area contributed by atoms with Crippen LogP contribution in [0.5, 0.6) is 5.75 Å². The average molecular weight is 524 g/mol. The molecule has 1 atom stereocenters. The van der Waals surface area contributed by atoms with Crippen LogP contribution >= 0.6 is 24.0 Å². The third-order valence-electron chi connectivity index (χ3n) is 5.21. The molecule has 0 spiro atoms. The summed E-state index contributed by atoms with van der Waals surface area (Å²) in [5.41, 5.74) is 4.84. The fraction of sp³-hybridized carbons (Fsp3) is 0.478. The fourth-order valence-corrected chi connectivity index (χ4v) is 3.36. The first kappa shape index (κ1) is 24.4. The van der Waals surface area contributed by atoms with Crippen LogP contribution in [0.1, 0.15) is 28.7 Å². The highest BCUT2D eigenvalue weighted by Gasteiger charge is 2.17. The standard InChI is InChI=1S/C23H32N4O2.HI/c1-17-4-5-21(22(12-17)29-16-19-8-11-28-15-19)14-27-23(24-3)26-10-7-20-6-9-25-13-18(20)2;/h4-6,9,12-13,19H,7-8,10-11,14-16H2,1-3H3,(H2,24,26,27);1H. The van der Waals surface area contributed by atoms with E-state index in [4.69, 9.17) is 9.47 Å². The molecule has 3 rings (SSSR count). The molecule has 0 bridgehead atoms. The third-order valence-corrected chi connectivity index (χ3v) is 5.21. The van der Waals surface area contributed by atoms with E-state index in [2.05, 4.69) is 58.7 Å². The van der Waals surface area contributed by atoms with Crippen LogP contribution in [0.15, 0.2) is 41.7 Å². The van der Waals surface area contributed by atoms with Gasteiger partial charge in [0.05, 0.1) is 13.2 Å². The van der Waals surface area contributed by atoms with Crippen molar-refractivity contribution in [1.29, 1.82) is 0 Å². The number of nitrogens with one attached hydrogen (secondary N) is 2. The van der Waals surface area contributed by atoms with Gasteiger partial charge in [-0.25, -0.2) is 0 Å². The second-order valence-electron chi connectivity index (χ2n) is 7.56. The molecule has 2 N–H and O–H groups in total. The van der Waals surface area contributed by atoms with Crippen molar-refractivity contribution in [3.05, 3.63) is 58.9 Å². The van der Waals surface area contributed by atoms with E-state index >= 15 is 0 Å². The number of guanidine groups is 1. The Morgan fingerprint density at radius 3 is 2.83 bits per heavy atom. The Kier molecular flexibility index (Phi) is 10.4. The predicted octanol–water partition coefficient (Wildman–Crippen LogP) is 3.64. The van der Waals surface area contributed by atoms with Gasteiger partial charge in [0.15, 0.2) is 5.96 Å². The van der Waals surface area contributed by atoms with E-state index in [1.807, 2.05) is 12.4 Å². The van der Waals surface area contributed by atoms with Gasteiger partial charge in [-0.15, -0.1) is 24.0 Å². The lowest BCUT2D eigenvalue weighted by molar-refractivity contribution is 0.166. The topological polar surface area (TPSA) is 67.8 Å². The lowest BCUT2D eigenvalue weighted by atomic mass is 10.1. The van der Waals surface area contributed by atoms with E-state index in [9.17, 15) is 0 Å². The minimum Gasteiger partial charge on any atom is -0.493 e. The van der Waals surface area contributed by atoms with Crippen molar-refractivity contribution in [2.24, 2.45) is 10.9 Å². The first-order valence-corrected chi connectivity index (χ1v) is 10.3. The van der Waals surface area contributed by atoms with Crippen molar-refractivity contribution in [3.8, 4) is 5.75 Å². The lowest BCUT2D eigenvalue weighted by Crippen LogP contribution is -2.38. The van der Waals surface area contributed by atoms with Crippen LogP contribution in [-0.4, -0.2) is 44.4 Å². The van der Waals surface area contributed by atoms with Crippen LogP contribution in [0, 0.1) is 19.8 Å². The molecule has 0 amide bonds. The molecule has 30 heavy (non-hydrogen) atoms. The maximum Gasteiger partial charge on any atom is 0.191 e. The van der Waals surface area contributed by atoms with Gasteiger partial charge in [-0.3, -0.25) is 9.98 Å². The SMILES string of the molecule is CN=C(NCCc1ccncc1C)NCc1ccc(C)cc1OCC1CCOC1.I. The Morgan fingerprint density at radius 2 is 2.10 bits per heavy atom. The summed E-state index contributed by atoms with van der Waals surface area (Å²) < 4.78 is 11.6. The summed E-state index contributed by atoms with van der Waals surface area (Å²) >= 11 is 0. The second kappa shape index (κ2) is 12.7. The van der Waals surface area contributed by atoms with Gasteiger partial charge in [0, 0.05) is 50.6 Å². The lowest BCUT2D eigenvalue weighted by Gasteiger charge is -2.17. The molecule has 6 nitrogen and oxygen atoms in total. The number of halogens is 1. The molecule has 1 aromatic heterocycles. The van der Waals surface area contributed by atoms with Gasteiger partial charge in [-0.2, -0.15) is 0 Å². The predicted molar refractivity (Wildman–Crippen MR) is 132 cm³/mol. The zero-order valence-electron chi connectivity index (χ0n) is 18.1.